The second kappa shape index (κ2) is 7.59. The van der Waals surface area contributed by atoms with Crippen molar-refractivity contribution in [3.63, 3.8) is 0 Å². The van der Waals surface area contributed by atoms with E-state index in [1.165, 1.54) is 0 Å². The zero-order valence-corrected chi connectivity index (χ0v) is 15.4. The third-order valence-electron chi connectivity index (χ3n) is 3.81. The zero-order valence-electron chi connectivity index (χ0n) is 14.5. The summed E-state index contributed by atoms with van der Waals surface area (Å²) < 4.78 is 16.5. The van der Waals surface area contributed by atoms with E-state index in [4.69, 9.17) is 13.9 Å². The smallest absolute Gasteiger partial charge is 0.338 e. The van der Waals surface area contributed by atoms with E-state index in [1.807, 2.05) is 36.6 Å². The first-order valence-electron chi connectivity index (χ1n) is 8.33. The largest absolute Gasteiger partial charge is 0.487 e. The summed E-state index contributed by atoms with van der Waals surface area (Å²) in [6, 6.07) is 14.2. The lowest BCUT2D eigenvalue weighted by Gasteiger charge is -2.06. The van der Waals surface area contributed by atoms with Crippen LogP contribution in [-0.4, -0.2) is 15.9 Å². The molecule has 0 radical (unpaired) electrons. The minimum atomic E-state index is -0.445. The standard InChI is InChI=1S/C20H16N2O4S/c1-13-21-15(12-27-13)10-24-16-8-6-14(7-9-16)20(23)25-11-19-22-17-4-2-3-5-18(17)26-19/h2-9,12H,10-11H2,1H3. The maximum absolute atomic E-state index is 12.2. The number of oxazole rings is 1. The van der Waals surface area contributed by atoms with Crippen LogP contribution in [0.25, 0.3) is 11.1 Å². The average Bonchev–Trinajstić information content (AvgIpc) is 3.30. The maximum atomic E-state index is 12.2. The van der Waals surface area contributed by atoms with Crippen LogP contribution in [0, 0.1) is 6.92 Å². The number of nitrogens with zero attached hydrogens (tertiary/aromatic N) is 2. The van der Waals surface area contributed by atoms with Crippen molar-refractivity contribution in [3.05, 3.63) is 76.1 Å². The van der Waals surface area contributed by atoms with Crippen LogP contribution >= 0.6 is 11.3 Å². The predicted octanol–water partition coefficient (Wildman–Crippen LogP) is 4.53. The summed E-state index contributed by atoms with van der Waals surface area (Å²) in [4.78, 5) is 20.8. The minimum Gasteiger partial charge on any atom is -0.487 e. The molecule has 0 aliphatic rings. The number of carbonyl (C=O) groups excluding carboxylic acids is 1. The topological polar surface area (TPSA) is 74.5 Å². The number of fused-ring (bicyclic) bond motifs is 1. The molecule has 6 nitrogen and oxygen atoms in total. The van der Waals surface area contributed by atoms with E-state index >= 15 is 0 Å². The molecule has 0 fully saturated rings. The summed E-state index contributed by atoms with van der Waals surface area (Å²) in [6.07, 6.45) is 0. The van der Waals surface area contributed by atoms with Crippen LogP contribution in [0.2, 0.25) is 0 Å². The Morgan fingerprint density at radius 1 is 1.07 bits per heavy atom. The first-order chi connectivity index (χ1) is 13.2. The first-order valence-corrected chi connectivity index (χ1v) is 9.21. The molecule has 4 rings (SSSR count). The van der Waals surface area contributed by atoms with E-state index in [1.54, 1.807) is 35.6 Å². The molecule has 0 unspecified atom stereocenters. The van der Waals surface area contributed by atoms with Crippen molar-refractivity contribution < 1.29 is 18.7 Å². The quantitative estimate of drug-likeness (QED) is 0.458. The van der Waals surface area contributed by atoms with Gasteiger partial charge in [0.25, 0.3) is 0 Å². The van der Waals surface area contributed by atoms with E-state index in [9.17, 15) is 4.79 Å². The predicted molar refractivity (Wildman–Crippen MR) is 101 cm³/mol. The van der Waals surface area contributed by atoms with Crippen LogP contribution in [-0.2, 0) is 18.0 Å². The third-order valence-corrected chi connectivity index (χ3v) is 4.63. The lowest BCUT2D eigenvalue weighted by Crippen LogP contribution is -2.05. The Labute approximate surface area is 159 Å². The van der Waals surface area contributed by atoms with Gasteiger partial charge in [-0.1, -0.05) is 12.1 Å². The molecule has 0 aliphatic heterocycles. The summed E-state index contributed by atoms with van der Waals surface area (Å²) in [5, 5.41) is 2.97. The Morgan fingerprint density at radius 3 is 2.63 bits per heavy atom. The number of benzene rings is 2. The fraction of sp³-hybridized carbons (Fsp3) is 0.150. The second-order valence-electron chi connectivity index (χ2n) is 5.82. The van der Waals surface area contributed by atoms with Crippen LogP contribution in [0.15, 0.2) is 58.3 Å². The molecule has 2 aromatic heterocycles. The van der Waals surface area contributed by atoms with Gasteiger partial charge in [0.05, 0.1) is 16.3 Å². The summed E-state index contributed by atoms with van der Waals surface area (Å²) >= 11 is 1.59. The number of rotatable bonds is 6. The highest BCUT2D eigenvalue weighted by atomic mass is 32.1. The van der Waals surface area contributed by atoms with Crippen molar-refractivity contribution in [1.29, 1.82) is 0 Å². The van der Waals surface area contributed by atoms with Gasteiger partial charge in [0, 0.05) is 5.38 Å². The summed E-state index contributed by atoms with van der Waals surface area (Å²) in [7, 11) is 0. The average molecular weight is 380 g/mol. The molecule has 0 saturated carbocycles. The molecule has 0 atom stereocenters. The van der Waals surface area contributed by atoms with E-state index in [-0.39, 0.29) is 6.61 Å². The highest BCUT2D eigenvalue weighted by Crippen LogP contribution is 2.18. The van der Waals surface area contributed by atoms with E-state index < -0.39 is 5.97 Å². The molecule has 7 heteroatoms. The van der Waals surface area contributed by atoms with Crippen LogP contribution in [0.3, 0.4) is 0 Å². The van der Waals surface area contributed by atoms with Gasteiger partial charge in [-0.15, -0.1) is 11.3 Å². The number of aryl methyl sites for hydroxylation is 1. The molecule has 2 heterocycles. The summed E-state index contributed by atoms with van der Waals surface area (Å²) in [5.74, 6) is 0.582. The number of ether oxygens (including phenoxy) is 2. The molecule has 0 N–H and O–H groups in total. The molecule has 27 heavy (non-hydrogen) atoms. The number of para-hydroxylation sites is 2. The van der Waals surface area contributed by atoms with Gasteiger partial charge < -0.3 is 13.9 Å². The second-order valence-corrected chi connectivity index (χ2v) is 6.88. The van der Waals surface area contributed by atoms with Crippen molar-refractivity contribution in [2.24, 2.45) is 0 Å². The molecular weight excluding hydrogens is 364 g/mol. The van der Waals surface area contributed by atoms with Crippen molar-refractivity contribution in [2.75, 3.05) is 0 Å². The van der Waals surface area contributed by atoms with Crippen LogP contribution in [0.4, 0.5) is 0 Å². The Balaban J connectivity index is 1.33. The van der Waals surface area contributed by atoms with Gasteiger partial charge in [-0.25, -0.2) is 14.8 Å². The zero-order chi connectivity index (χ0) is 18.6. The van der Waals surface area contributed by atoms with Crippen LogP contribution in [0.1, 0.15) is 27.0 Å². The molecule has 136 valence electrons. The molecule has 4 aromatic rings. The lowest BCUT2D eigenvalue weighted by atomic mass is 10.2. The molecule has 0 spiro atoms. The highest BCUT2D eigenvalue weighted by molar-refractivity contribution is 7.09. The van der Waals surface area contributed by atoms with Gasteiger partial charge in [0.1, 0.15) is 17.9 Å². The number of hydrogen-bond acceptors (Lipinski definition) is 7. The SMILES string of the molecule is Cc1nc(COc2ccc(C(=O)OCc3nc4ccccc4o3)cc2)cs1. The van der Waals surface area contributed by atoms with Gasteiger partial charge in [-0.05, 0) is 43.3 Å². The van der Waals surface area contributed by atoms with E-state index in [0.717, 1.165) is 16.2 Å². The molecule has 0 saturated heterocycles. The maximum Gasteiger partial charge on any atom is 0.338 e. The first kappa shape index (κ1) is 17.2. The molecule has 0 bridgehead atoms. The number of carbonyl (C=O) groups is 1. The molecule has 0 aliphatic carbocycles. The molecular formula is C20H16N2O4S. The van der Waals surface area contributed by atoms with Gasteiger partial charge >= 0.3 is 5.97 Å². The lowest BCUT2D eigenvalue weighted by molar-refractivity contribution is 0.0440. The van der Waals surface area contributed by atoms with Gasteiger partial charge in [0.2, 0.25) is 5.89 Å². The fourth-order valence-corrected chi connectivity index (χ4v) is 3.11. The van der Waals surface area contributed by atoms with Gasteiger partial charge in [0.15, 0.2) is 12.2 Å². The number of thiazole rings is 1. The Kier molecular flexibility index (Phi) is 4.84. The van der Waals surface area contributed by atoms with Gasteiger partial charge in [-0.2, -0.15) is 0 Å². The number of esters is 1. The van der Waals surface area contributed by atoms with Gasteiger partial charge in [-0.3, -0.25) is 0 Å². The Bertz CT molecular complexity index is 1040. The van der Waals surface area contributed by atoms with Crippen molar-refractivity contribution in [1.82, 2.24) is 9.97 Å². The van der Waals surface area contributed by atoms with Crippen LogP contribution in [0.5, 0.6) is 5.75 Å². The van der Waals surface area contributed by atoms with E-state index in [0.29, 0.717) is 29.4 Å². The number of hydrogen-bond donors (Lipinski definition) is 0. The highest BCUT2D eigenvalue weighted by Gasteiger charge is 2.11. The monoisotopic (exact) mass is 380 g/mol. The summed E-state index contributed by atoms with van der Waals surface area (Å²) in [5.41, 5.74) is 2.72. The van der Waals surface area contributed by atoms with Crippen molar-refractivity contribution in [3.8, 4) is 5.75 Å². The third kappa shape index (κ3) is 4.15. The fourth-order valence-electron chi connectivity index (χ4n) is 2.51. The molecule has 2 aromatic carbocycles. The van der Waals surface area contributed by atoms with Crippen molar-refractivity contribution in [2.45, 2.75) is 20.1 Å². The molecule has 0 amide bonds. The van der Waals surface area contributed by atoms with Crippen LogP contribution < -0.4 is 4.74 Å². The Morgan fingerprint density at radius 2 is 1.89 bits per heavy atom. The summed E-state index contributed by atoms with van der Waals surface area (Å²) in [6.45, 7) is 2.33. The Hall–Kier alpha value is -3.19. The van der Waals surface area contributed by atoms with E-state index in [2.05, 4.69) is 9.97 Å². The van der Waals surface area contributed by atoms with Crippen molar-refractivity contribution >= 4 is 28.4 Å². The number of aromatic nitrogens is 2. The minimum absolute atomic E-state index is 0.0189. The normalized spacial score (nSPS) is 10.9.